The molecule has 2 atom stereocenters. The Morgan fingerprint density at radius 1 is 1.40 bits per heavy atom. The van der Waals surface area contributed by atoms with E-state index in [0.29, 0.717) is 0 Å². The second-order valence-corrected chi connectivity index (χ2v) is 4.51. The van der Waals surface area contributed by atoms with Crippen molar-refractivity contribution in [2.75, 3.05) is 0 Å². The molecule has 84 valence electrons. The van der Waals surface area contributed by atoms with Gasteiger partial charge in [-0.15, -0.1) is 0 Å². The van der Waals surface area contributed by atoms with Crippen LogP contribution in [-0.2, 0) is 6.42 Å². The molecule has 1 saturated carbocycles. The van der Waals surface area contributed by atoms with Crippen molar-refractivity contribution in [2.24, 2.45) is 0 Å². The molecular weight excluding hydrogens is 188 g/mol. The lowest BCUT2D eigenvalue weighted by Crippen LogP contribution is -2.20. The van der Waals surface area contributed by atoms with Crippen molar-refractivity contribution in [3.05, 3.63) is 17.0 Å². The van der Waals surface area contributed by atoms with Gasteiger partial charge in [0.05, 0.1) is 17.8 Å². The first-order valence-corrected chi connectivity index (χ1v) is 5.87. The molecule has 1 aromatic rings. The molecule has 1 aliphatic rings. The zero-order chi connectivity index (χ0) is 11.0. The van der Waals surface area contributed by atoms with E-state index in [2.05, 4.69) is 25.9 Å². The van der Waals surface area contributed by atoms with Gasteiger partial charge in [-0.1, -0.05) is 6.92 Å². The third kappa shape index (κ3) is 1.69. The third-order valence-electron chi connectivity index (χ3n) is 3.59. The maximum atomic E-state index is 9.88. The molecule has 1 heterocycles. The smallest absolute Gasteiger partial charge is 0.0781 e. The van der Waals surface area contributed by atoms with Gasteiger partial charge >= 0.3 is 0 Å². The second-order valence-electron chi connectivity index (χ2n) is 4.51. The Morgan fingerprint density at radius 2 is 2.13 bits per heavy atom. The normalized spacial score (nSPS) is 26.1. The average Bonchev–Trinajstić information content (AvgIpc) is 2.71. The average molecular weight is 208 g/mol. The number of hydrogen-bond donors (Lipinski definition) is 1. The molecule has 0 aliphatic heterocycles. The van der Waals surface area contributed by atoms with Crippen molar-refractivity contribution in [1.29, 1.82) is 0 Å². The van der Waals surface area contributed by atoms with Gasteiger partial charge in [-0.2, -0.15) is 5.10 Å². The minimum absolute atomic E-state index is 0.201. The molecule has 0 bridgehead atoms. The highest BCUT2D eigenvalue weighted by atomic mass is 16.3. The van der Waals surface area contributed by atoms with Crippen LogP contribution in [0.1, 0.15) is 49.2 Å². The van der Waals surface area contributed by atoms with E-state index in [1.807, 2.05) is 4.68 Å². The van der Waals surface area contributed by atoms with Crippen molar-refractivity contribution < 1.29 is 5.11 Å². The Hall–Kier alpha value is -0.830. The summed E-state index contributed by atoms with van der Waals surface area (Å²) in [4.78, 5) is 0. The highest BCUT2D eigenvalue weighted by Crippen LogP contribution is 2.31. The Balaban J connectivity index is 2.36. The summed E-state index contributed by atoms with van der Waals surface area (Å²) < 4.78 is 2.05. The van der Waals surface area contributed by atoms with E-state index in [1.165, 1.54) is 11.3 Å². The first-order valence-electron chi connectivity index (χ1n) is 5.87. The van der Waals surface area contributed by atoms with Gasteiger partial charge in [0.15, 0.2) is 0 Å². The summed E-state index contributed by atoms with van der Waals surface area (Å²) in [5.41, 5.74) is 3.70. The van der Waals surface area contributed by atoms with E-state index in [4.69, 9.17) is 0 Å². The largest absolute Gasteiger partial charge is 0.391 e. The Morgan fingerprint density at radius 3 is 2.60 bits per heavy atom. The molecule has 2 rings (SSSR count). The van der Waals surface area contributed by atoms with Gasteiger partial charge in [0.25, 0.3) is 0 Å². The van der Waals surface area contributed by atoms with Crippen molar-refractivity contribution in [1.82, 2.24) is 9.78 Å². The van der Waals surface area contributed by atoms with Crippen LogP contribution in [0, 0.1) is 13.8 Å². The van der Waals surface area contributed by atoms with Gasteiger partial charge in [0, 0.05) is 5.69 Å². The van der Waals surface area contributed by atoms with Crippen molar-refractivity contribution in [3.63, 3.8) is 0 Å². The number of nitrogens with zero attached hydrogens (tertiary/aromatic N) is 2. The van der Waals surface area contributed by atoms with E-state index in [1.54, 1.807) is 0 Å². The molecule has 1 aliphatic carbocycles. The quantitative estimate of drug-likeness (QED) is 0.808. The highest BCUT2D eigenvalue weighted by Gasteiger charge is 2.29. The molecule has 1 aromatic heterocycles. The Labute approximate surface area is 91.1 Å². The molecule has 3 nitrogen and oxygen atoms in total. The van der Waals surface area contributed by atoms with Crippen LogP contribution in [0.4, 0.5) is 0 Å². The fourth-order valence-corrected chi connectivity index (χ4v) is 2.74. The summed E-state index contributed by atoms with van der Waals surface area (Å²) >= 11 is 0. The predicted octanol–water partition coefficient (Wildman–Crippen LogP) is 2.15. The topological polar surface area (TPSA) is 38.0 Å². The SMILES string of the molecule is CCc1c(C)nn([C@@H]2CCC[C@H]2O)c1C. The van der Waals surface area contributed by atoms with Crippen molar-refractivity contribution >= 4 is 0 Å². The van der Waals surface area contributed by atoms with E-state index in [0.717, 1.165) is 31.4 Å². The first kappa shape index (κ1) is 10.7. The number of aryl methyl sites for hydroxylation is 1. The van der Waals surface area contributed by atoms with Crippen molar-refractivity contribution in [3.8, 4) is 0 Å². The molecule has 0 amide bonds. The van der Waals surface area contributed by atoms with E-state index < -0.39 is 0 Å². The Kier molecular flexibility index (Phi) is 2.83. The number of rotatable bonds is 2. The third-order valence-corrected chi connectivity index (χ3v) is 3.59. The minimum Gasteiger partial charge on any atom is -0.391 e. The molecule has 0 spiro atoms. The van der Waals surface area contributed by atoms with Crippen LogP contribution in [0.3, 0.4) is 0 Å². The fourth-order valence-electron chi connectivity index (χ4n) is 2.74. The van der Waals surface area contributed by atoms with E-state index in [-0.39, 0.29) is 12.1 Å². The molecule has 1 fully saturated rings. The van der Waals surface area contributed by atoms with Crippen LogP contribution >= 0.6 is 0 Å². The maximum Gasteiger partial charge on any atom is 0.0781 e. The van der Waals surface area contributed by atoms with E-state index in [9.17, 15) is 5.11 Å². The summed E-state index contributed by atoms with van der Waals surface area (Å²) in [5.74, 6) is 0. The summed E-state index contributed by atoms with van der Waals surface area (Å²) in [6.45, 7) is 6.33. The number of aliphatic hydroxyl groups excluding tert-OH is 1. The second kappa shape index (κ2) is 3.97. The predicted molar refractivity (Wildman–Crippen MR) is 60.0 cm³/mol. The van der Waals surface area contributed by atoms with Gasteiger partial charge in [-0.05, 0) is 45.1 Å². The van der Waals surface area contributed by atoms with Crippen LogP contribution in [-0.4, -0.2) is 21.0 Å². The fraction of sp³-hybridized carbons (Fsp3) is 0.750. The molecule has 15 heavy (non-hydrogen) atoms. The van der Waals surface area contributed by atoms with Crippen LogP contribution in [0.5, 0.6) is 0 Å². The molecule has 1 N–H and O–H groups in total. The zero-order valence-corrected chi connectivity index (χ0v) is 9.82. The van der Waals surface area contributed by atoms with Crippen LogP contribution in [0.15, 0.2) is 0 Å². The van der Waals surface area contributed by atoms with Gasteiger partial charge in [0.2, 0.25) is 0 Å². The number of aliphatic hydroxyl groups is 1. The minimum atomic E-state index is -0.201. The summed E-state index contributed by atoms with van der Waals surface area (Å²) in [5, 5.41) is 14.4. The standard InChI is InChI=1S/C12H20N2O/c1-4-10-8(2)13-14(9(10)3)11-6-5-7-12(11)15/h11-12,15H,4-7H2,1-3H3/t11-,12-/m1/s1. The van der Waals surface area contributed by atoms with Gasteiger partial charge < -0.3 is 5.11 Å². The molecule has 0 saturated heterocycles. The first-order chi connectivity index (χ1) is 7.15. The lowest BCUT2D eigenvalue weighted by atomic mass is 10.1. The molecule has 3 heteroatoms. The van der Waals surface area contributed by atoms with Gasteiger partial charge in [0.1, 0.15) is 0 Å². The lowest BCUT2D eigenvalue weighted by molar-refractivity contribution is 0.129. The number of hydrogen-bond acceptors (Lipinski definition) is 2. The van der Waals surface area contributed by atoms with Gasteiger partial charge in [-0.25, -0.2) is 0 Å². The zero-order valence-electron chi connectivity index (χ0n) is 9.82. The molecule has 0 unspecified atom stereocenters. The van der Waals surface area contributed by atoms with Gasteiger partial charge in [-0.3, -0.25) is 4.68 Å². The molecular formula is C12H20N2O. The molecule has 0 aromatic carbocycles. The van der Waals surface area contributed by atoms with Crippen LogP contribution < -0.4 is 0 Å². The summed E-state index contributed by atoms with van der Waals surface area (Å²) in [6, 6.07) is 0.212. The van der Waals surface area contributed by atoms with Crippen LogP contribution in [0.2, 0.25) is 0 Å². The Bertz CT molecular complexity index is 357. The highest BCUT2D eigenvalue weighted by molar-refractivity contribution is 5.25. The lowest BCUT2D eigenvalue weighted by Gasteiger charge is -2.17. The number of aromatic nitrogens is 2. The van der Waals surface area contributed by atoms with Crippen LogP contribution in [0.25, 0.3) is 0 Å². The molecule has 0 radical (unpaired) electrons. The van der Waals surface area contributed by atoms with Crippen molar-refractivity contribution in [2.45, 2.75) is 58.6 Å². The maximum absolute atomic E-state index is 9.88. The van der Waals surface area contributed by atoms with E-state index >= 15 is 0 Å². The monoisotopic (exact) mass is 208 g/mol. The summed E-state index contributed by atoms with van der Waals surface area (Å²) in [7, 11) is 0. The summed E-state index contributed by atoms with van der Waals surface area (Å²) in [6.07, 6.45) is 3.93.